The van der Waals surface area contributed by atoms with E-state index in [0.29, 0.717) is 11.6 Å². The quantitative estimate of drug-likeness (QED) is 0.424. The number of nitrogens with one attached hydrogen (secondary N) is 2. The van der Waals surface area contributed by atoms with E-state index >= 15 is 0 Å². The Kier molecular flexibility index (Phi) is 7.02. The lowest BCUT2D eigenvalue weighted by atomic mass is 9.77. The molecule has 8 heteroatoms. The van der Waals surface area contributed by atoms with Crippen LogP contribution in [0.15, 0.2) is 52.9 Å². The molecule has 1 saturated carbocycles. The molecule has 1 aliphatic carbocycles. The number of nitrogens with zero attached hydrogens (tertiary/aromatic N) is 2. The molecule has 33 heavy (non-hydrogen) atoms. The number of carboxylic acids is 1. The number of aliphatic carboxylic acids is 1. The van der Waals surface area contributed by atoms with Crippen molar-refractivity contribution < 1.29 is 19.1 Å². The molecule has 1 amide bonds. The van der Waals surface area contributed by atoms with Gasteiger partial charge in [-0.2, -0.15) is 0 Å². The lowest BCUT2D eigenvalue weighted by molar-refractivity contribution is -0.138. The largest absolute Gasteiger partial charge is 0.481 e. The van der Waals surface area contributed by atoms with Crippen molar-refractivity contribution in [3.8, 4) is 0 Å². The van der Waals surface area contributed by atoms with Crippen LogP contribution in [0.3, 0.4) is 0 Å². The highest BCUT2D eigenvalue weighted by atomic mass is 16.4. The van der Waals surface area contributed by atoms with Gasteiger partial charge in [-0.15, -0.1) is 5.10 Å². The summed E-state index contributed by atoms with van der Waals surface area (Å²) < 4.78 is 5.46. The second kappa shape index (κ2) is 10.3. The highest BCUT2D eigenvalue weighted by Gasteiger charge is 2.24. The van der Waals surface area contributed by atoms with Gasteiger partial charge in [0.15, 0.2) is 0 Å². The van der Waals surface area contributed by atoms with Gasteiger partial charge >= 0.3 is 23.8 Å². The summed E-state index contributed by atoms with van der Waals surface area (Å²) >= 11 is 0. The minimum Gasteiger partial charge on any atom is -0.481 e. The van der Waals surface area contributed by atoms with Crippen LogP contribution in [0.4, 0.5) is 17.4 Å². The fourth-order valence-corrected chi connectivity index (χ4v) is 4.33. The van der Waals surface area contributed by atoms with Crippen LogP contribution in [0.5, 0.6) is 0 Å². The normalized spacial score (nSPS) is 18.0. The van der Waals surface area contributed by atoms with Gasteiger partial charge in [-0.1, -0.05) is 36.3 Å². The molecule has 0 atom stereocenters. The van der Waals surface area contributed by atoms with E-state index in [1.165, 1.54) is 11.1 Å². The Bertz CT molecular complexity index is 1100. The summed E-state index contributed by atoms with van der Waals surface area (Å²) in [5.74, 6) is -0.601. The van der Waals surface area contributed by atoms with Gasteiger partial charge in [0.05, 0.1) is 0 Å². The second-order valence-electron chi connectivity index (χ2n) is 8.48. The average Bonchev–Trinajstić information content (AvgIpc) is 3.28. The van der Waals surface area contributed by atoms with Crippen LogP contribution >= 0.6 is 0 Å². The van der Waals surface area contributed by atoms with Gasteiger partial charge in [0, 0.05) is 17.8 Å². The van der Waals surface area contributed by atoms with Crippen LogP contribution in [0.2, 0.25) is 0 Å². The molecule has 3 aromatic rings. The van der Waals surface area contributed by atoms with Crippen molar-refractivity contribution in [1.29, 1.82) is 0 Å². The minimum absolute atomic E-state index is 0.120. The van der Waals surface area contributed by atoms with Crippen LogP contribution in [-0.2, 0) is 11.2 Å². The first kappa shape index (κ1) is 22.5. The Morgan fingerprint density at radius 3 is 2.48 bits per heavy atom. The lowest BCUT2D eigenvalue weighted by Gasteiger charge is -2.28. The number of amides is 1. The van der Waals surface area contributed by atoms with E-state index in [9.17, 15) is 9.59 Å². The van der Waals surface area contributed by atoms with Crippen LogP contribution in [0.1, 0.15) is 66.8 Å². The summed E-state index contributed by atoms with van der Waals surface area (Å²) in [5, 5.41) is 22.5. The SMILES string of the molecule is CCc1cccc(Nc2nnc(C(=O)Nc3ccc(C4CCC(CC(=O)O)CC4)cc3)o2)c1. The number of hydrogen-bond donors (Lipinski definition) is 3. The van der Waals surface area contributed by atoms with Crippen LogP contribution < -0.4 is 10.6 Å². The summed E-state index contributed by atoms with van der Waals surface area (Å²) in [6.07, 6.45) is 5.02. The summed E-state index contributed by atoms with van der Waals surface area (Å²) in [6.45, 7) is 2.08. The first-order chi connectivity index (χ1) is 16.0. The highest BCUT2D eigenvalue weighted by molar-refractivity contribution is 6.00. The Balaban J connectivity index is 1.31. The molecular weight excluding hydrogens is 420 g/mol. The third kappa shape index (κ3) is 5.97. The molecule has 0 bridgehead atoms. The van der Waals surface area contributed by atoms with Crippen molar-refractivity contribution in [1.82, 2.24) is 10.2 Å². The highest BCUT2D eigenvalue weighted by Crippen LogP contribution is 2.37. The third-order valence-electron chi connectivity index (χ3n) is 6.16. The topological polar surface area (TPSA) is 117 Å². The Labute approximate surface area is 192 Å². The molecule has 1 heterocycles. The van der Waals surface area contributed by atoms with Gasteiger partial charge in [-0.25, -0.2) is 0 Å². The van der Waals surface area contributed by atoms with Gasteiger partial charge in [0.2, 0.25) is 0 Å². The first-order valence-electron chi connectivity index (χ1n) is 11.3. The fourth-order valence-electron chi connectivity index (χ4n) is 4.33. The Morgan fingerprint density at radius 1 is 1.03 bits per heavy atom. The molecule has 8 nitrogen and oxygen atoms in total. The van der Waals surface area contributed by atoms with Crippen LogP contribution in [0.25, 0.3) is 0 Å². The summed E-state index contributed by atoms with van der Waals surface area (Å²) in [6, 6.07) is 15.8. The van der Waals surface area contributed by atoms with Crippen molar-refractivity contribution in [3.63, 3.8) is 0 Å². The molecule has 0 radical (unpaired) electrons. The number of carbonyl (C=O) groups is 2. The number of carbonyl (C=O) groups excluding carboxylic acids is 1. The summed E-state index contributed by atoms with van der Waals surface area (Å²) in [5.41, 5.74) is 3.85. The van der Waals surface area contributed by atoms with Crippen molar-refractivity contribution in [3.05, 3.63) is 65.5 Å². The predicted molar refractivity (Wildman–Crippen MR) is 125 cm³/mol. The zero-order chi connectivity index (χ0) is 23.2. The van der Waals surface area contributed by atoms with Crippen molar-refractivity contribution >= 4 is 29.3 Å². The molecule has 1 aliphatic rings. The lowest BCUT2D eigenvalue weighted by Crippen LogP contribution is -2.16. The molecule has 3 N–H and O–H groups in total. The average molecular weight is 449 g/mol. The third-order valence-corrected chi connectivity index (χ3v) is 6.16. The number of hydrogen-bond acceptors (Lipinski definition) is 6. The number of aromatic nitrogens is 2. The van der Waals surface area contributed by atoms with E-state index in [-0.39, 0.29) is 24.2 Å². The molecule has 172 valence electrons. The predicted octanol–water partition coefficient (Wildman–Crippen LogP) is 5.38. The summed E-state index contributed by atoms with van der Waals surface area (Å²) in [4.78, 5) is 23.4. The van der Waals surface area contributed by atoms with E-state index in [1.807, 2.05) is 48.5 Å². The smallest absolute Gasteiger partial charge is 0.320 e. The molecule has 4 rings (SSSR count). The molecule has 1 aromatic heterocycles. The van der Waals surface area contributed by atoms with Crippen LogP contribution in [0, 0.1) is 5.92 Å². The molecule has 0 spiro atoms. The number of carboxylic acid groups (broad SMARTS) is 1. The van der Waals surface area contributed by atoms with Gasteiger partial charge in [-0.3, -0.25) is 9.59 Å². The molecule has 0 saturated heterocycles. The fraction of sp³-hybridized carbons (Fsp3) is 0.360. The van der Waals surface area contributed by atoms with Crippen molar-refractivity contribution in [2.75, 3.05) is 10.6 Å². The zero-order valence-electron chi connectivity index (χ0n) is 18.6. The van der Waals surface area contributed by atoms with Gasteiger partial charge in [-0.05, 0) is 79.3 Å². The van der Waals surface area contributed by atoms with E-state index in [4.69, 9.17) is 9.52 Å². The maximum absolute atomic E-state index is 12.5. The summed E-state index contributed by atoms with van der Waals surface area (Å²) in [7, 11) is 0. The standard InChI is InChI=1S/C25H28N4O4/c1-2-16-4-3-5-21(14-16)27-25-29-28-24(33-25)23(32)26-20-12-10-19(11-13-20)18-8-6-17(7-9-18)15-22(30)31/h3-5,10-14,17-18H,2,6-9,15H2,1H3,(H,26,32)(H,27,29)(H,30,31). The zero-order valence-corrected chi connectivity index (χ0v) is 18.6. The maximum Gasteiger partial charge on any atom is 0.320 e. The number of anilines is 3. The Morgan fingerprint density at radius 2 is 1.79 bits per heavy atom. The minimum atomic E-state index is -0.714. The molecular formula is C25H28N4O4. The van der Waals surface area contributed by atoms with E-state index < -0.39 is 11.9 Å². The van der Waals surface area contributed by atoms with Crippen LogP contribution in [-0.4, -0.2) is 27.2 Å². The number of rotatable bonds is 8. The van der Waals surface area contributed by atoms with Gasteiger partial charge < -0.3 is 20.2 Å². The molecule has 1 fully saturated rings. The van der Waals surface area contributed by atoms with E-state index in [1.54, 1.807) is 0 Å². The maximum atomic E-state index is 12.5. The van der Waals surface area contributed by atoms with E-state index in [0.717, 1.165) is 37.8 Å². The molecule has 2 aromatic carbocycles. The number of benzene rings is 2. The molecule has 0 aliphatic heterocycles. The monoisotopic (exact) mass is 448 g/mol. The van der Waals surface area contributed by atoms with Gasteiger partial charge in [0.1, 0.15) is 0 Å². The molecule has 0 unspecified atom stereocenters. The van der Waals surface area contributed by atoms with Crippen molar-refractivity contribution in [2.24, 2.45) is 5.92 Å². The van der Waals surface area contributed by atoms with E-state index in [2.05, 4.69) is 27.8 Å². The van der Waals surface area contributed by atoms with Gasteiger partial charge in [0.25, 0.3) is 0 Å². The Hall–Kier alpha value is -3.68. The number of aryl methyl sites for hydroxylation is 1. The second-order valence-corrected chi connectivity index (χ2v) is 8.48. The van der Waals surface area contributed by atoms with Crippen molar-refractivity contribution in [2.45, 2.75) is 51.4 Å². The first-order valence-corrected chi connectivity index (χ1v) is 11.3.